The Bertz CT molecular complexity index is 457. The number of carbonyl (C=O) groups is 1. The fourth-order valence-corrected chi connectivity index (χ4v) is 3.40. The highest BCUT2D eigenvalue weighted by atomic mass is 79.9. The number of nitrogens with one attached hydrogen (secondary N) is 1. The normalized spacial score (nSPS) is 25.0. The minimum absolute atomic E-state index is 0. The zero-order chi connectivity index (χ0) is 12.5. The van der Waals surface area contributed by atoms with Crippen LogP contribution in [0.2, 0.25) is 0 Å². The highest BCUT2D eigenvalue weighted by Crippen LogP contribution is 2.27. The highest BCUT2D eigenvalue weighted by Gasteiger charge is 2.37. The van der Waals surface area contributed by atoms with Crippen molar-refractivity contribution < 1.29 is 4.79 Å². The van der Waals surface area contributed by atoms with Crippen molar-refractivity contribution in [2.75, 3.05) is 26.2 Å². The third-order valence-corrected chi connectivity index (χ3v) is 4.82. The maximum atomic E-state index is 12.3. The van der Waals surface area contributed by atoms with E-state index in [1.807, 2.05) is 29.2 Å². The second-order valence-corrected chi connectivity index (χ2v) is 6.10. The number of rotatable bonds is 2. The number of nitrogens with zero attached hydrogens (tertiary/aromatic N) is 1. The molecule has 0 radical (unpaired) electrons. The molecule has 1 amide bonds. The summed E-state index contributed by atoms with van der Waals surface area (Å²) >= 11 is 3.50. The van der Waals surface area contributed by atoms with E-state index in [1.165, 1.54) is 0 Å². The first-order chi connectivity index (χ1) is 8.74. The van der Waals surface area contributed by atoms with Gasteiger partial charge in [0, 0.05) is 30.7 Å². The SMILES string of the molecule is Cl.O=C(Cc1ccccc1Br)N1C[C@H]2CNC[C@H]2C1. The maximum absolute atomic E-state index is 12.3. The van der Waals surface area contributed by atoms with Crippen LogP contribution in [-0.4, -0.2) is 37.0 Å². The maximum Gasteiger partial charge on any atom is 0.227 e. The van der Waals surface area contributed by atoms with Crippen LogP contribution in [0.1, 0.15) is 5.56 Å². The van der Waals surface area contributed by atoms with Crippen molar-refractivity contribution in [1.29, 1.82) is 0 Å². The molecule has 3 rings (SSSR count). The first-order valence-electron chi connectivity index (χ1n) is 6.46. The van der Waals surface area contributed by atoms with Gasteiger partial charge in [-0.25, -0.2) is 0 Å². The smallest absolute Gasteiger partial charge is 0.227 e. The van der Waals surface area contributed by atoms with Crippen LogP contribution in [0.4, 0.5) is 0 Å². The van der Waals surface area contributed by atoms with Gasteiger partial charge in [-0.3, -0.25) is 4.79 Å². The standard InChI is InChI=1S/C14H17BrN2O.ClH/c15-13-4-2-1-3-10(13)5-14(18)17-8-11-6-16-7-12(11)9-17;/h1-4,11-12,16H,5-9H2;1H/t11-,12+;. The third-order valence-electron chi connectivity index (χ3n) is 4.04. The molecule has 0 spiro atoms. The number of carbonyl (C=O) groups excluding carboxylic acids is 1. The number of likely N-dealkylation sites (tertiary alicyclic amines) is 1. The molecule has 5 heteroatoms. The van der Waals surface area contributed by atoms with Gasteiger partial charge in [-0.1, -0.05) is 34.1 Å². The fourth-order valence-electron chi connectivity index (χ4n) is 2.98. The summed E-state index contributed by atoms with van der Waals surface area (Å²) in [6.45, 7) is 4.01. The second-order valence-electron chi connectivity index (χ2n) is 5.25. The lowest BCUT2D eigenvalue weighted by Crippen LogP contribution is -2.33. The van der Waals surface area contributed by atoms with Gasteiger partial charge < -0.3 is 10.2 Å². The molecule has 1 N–H and O–H groups in total. The van der Waals surface area contributed by atoms with Crippen molar-refractivity contribution in [2.24, 2.45) is 11.8 Å². The molecule has 0 aliphatic carbocycles. The molecule has 2 atom stereocenters. The van der Waals surface area contributed by atoms with Gasteiger partial charge >= 0.3 is 0 Å². The predicted octanol–water partition coefficient (Wildman–Crippen LogP) is 2.09. The Labute approximate surface area is 128 Å². The average molecular weight is 346 g/mol. The molecule has 3 nitrogen and oxygen atoms in total. The fraction of sp³-hybridized carbons (Fsp3) is 0.500. The van der Waals surface area contributed by atoms with Crippen molar-refractivity contribution in [2.45, 2.75) is 6.42 Å². The molecule has 2 saturated heterocycles. The van der Waals surface area contributed by atoms with Crippen molar-refractivity contribution in [1.82, 2.24) is 10.2 Å². The molecule has 0 saturated carbocycles. The first-order valence-corrected chi connectivity index (χ1v) is 7.25. The summed E-state index contributed by atoms with van der Waals surface area (Å²) in [5, 5.41) is 3.40. The zero-order valence-corrected chi connectivity index (χ0v) is 13.0. The van der Waals surface area contributed by atoms with Crippen molar-refractivity contribution in [3.63, 3.8) is 0 Å². The van der Waals surface area contributed by atoms with Crippen molar-refractivity contribution in [3.05, 3.63) is 34.3 Å². The molecule has 2 aliphatic rings. The minimum atomic E-state index is 0. The molecule has 2 fully saturated rings. The first kappa shape index (κ1) is 14.8. The summed E-state index contributed by atoms with van der Waals surface area (Å²) in [5.41, 5.74) is 1.08. The third kappa shape index (κ3) is 3.12. The van der Waals surface area contributed by atoms with Crippen molar-refractivity contribution >= 4 is 34.2 Å². The van der Waals surface area contributed by atoms with E-state index >= 15 is 0 Å². The number of hydrogen-bond donors (Lipinski definition) is 1. The van der Waals surface area contributed by atoms with Gasteiger partial charge in [-0.15, -0.1) is 12.4 Å². The molecular formula is C14H18BrClN2O. The van der Waals surface area contributed by atoms with E-state index < -0.39 is 0 Å². The lowest BCUT2D eigenvalue weighted by atomic mass is 10.0. The van der Waals surface area contributed by atoms with Crippen LogP contribution in [-0.2, 0) is 11.2 Å². The van der Waals surface area contributed by atoms with Crippen LogP contribution in [0.3, 0.4) is 0 Å². The molecule has 2 aliphatic heterocycles. The summed E-state index contributed by atoms with van der Waals surface area (Å²) in [5.74, 6) is 1.61. The van der Waals surface area contributed by atoms with Crippen LogP contribution in [0.25, 0.3) is 0 Å². The predicted molar refractivity (Wildman–Crippen MR) is 81.5 cm³/mol. The van der Waals surface area contributed by atoms with Gasteiger partial charge in [0.05, 0.1) is 6.42 Å². The van der Waals surface area contributed by atoms with Crippen LogP contribution < -0.4 is 5.32 Å². The lowest BCUT2D eigenvalue weighted by Gasteiger charge is -2.17. The minimum Gasteiger partial charge on any atom is -0.342 e. The summed E-state index contributed by atoms with van der Waals surface area (Å²) in [6, 6.07) is 7.96. The van der Waals surface area contributed by atoms with Gasteiger partial charge in [-0.05, 0) is 23.5 Å². The monoisotopic (exact) mass is 344 g/mol. The Hall–Kier alpha value is -0.580. The van der Waals surface area contributed by atoms with Gasteiger partial charge in [0.1, 0.15) is 0 Å². The van der Waals surface area contributed by atoms with E-state index in [0.29, 0.717) is 18.3 Å². The van der Waals surface area contributed by atoms with E-state index in [2.05, 4.69) is 21.2 Å². The van der Waals surface area contributed by atoms with E-state index in [1.54, 1.807) is 0 Å². The molecule has 104 valence electrons. The van der Waals surface area contributed by atoms with Crippen LogP contribution in [0, 0.1) is 11.8 Å². The quantitative estimate of drug-likeness (QED) is 0.890. The molecule has 19 heavy (non-hydrogen) atoms. The summed E-state index contributed by atoms with van der Waals surface area (Å²) in [7, 11) is 0. The van der Waals surface area contributed by atoms with E-state index in [9.17, 15) is 4.79 Å². The molecular weight excluding hydrogens is 328 g/mol. The average Bonchev–Trinajstić information content (AvgIpc) is 2.92. The Morgan fingerprint density at radius 2 is 1.89 bits per heavy atom. The molecule has 1 aromatic rings. The van der Waals surface area contributed by atoms with E-state index in [4.69, 9.17) is 0 Å². The van der Waals surface area contributed by atoms with E-state index in [0.717, 1.165) is 36.2 Å². The Morgan fingerprint density at radius 3 is 2.53 bits per heavy atom. The zero-order valence-electron chi connectivity index (χ0n) is 10.6. The molecule has 2 heterocycles. The second kappa shape index (κ2) is 6.25. The van der Waals surface area contributed by atoms with Gasteiger partial charge in [0.2, 0.25) is 5.91 Å². The largest absolute Gasteiger partial charge is 0.342 e. The Kier molecular flexibility index (Phi) is 4.87. The van der Waals surface area contributed by atoms with Crippen LogP contribution in [0.15, 0.2) is 28.7 Å². The van der Waals surface area contributed by atoms with Gasteiger partial charge in [0.15, 0.2) is 0 Å². The summed E-state index contributed by atoms with van der Waals surface area (Å²) < 4.78 is 1.03. The van der Waals surface area contributed by atoms with Crippen LogP contribution in [0.5, 0.6) is 0 Å². The van der Waals surface area contributed by atoms with Crippen molar-refractivity contribution in [3.8, 4) is 0 Å². The summed E-state index contributed by atoms with van der Waals surface area (Å²) in [6.07, 6.45) is 0.508. The molecule has 0 aromatic heterocycles. The van der Waals surface area contributed by atoms with Gasteiger partial charge in [0.25, 0.3) is 0 Å². The number of fused-ring (bicyclic) bond motifs is 1. The Balaban J connectivity index is 0.00000133. The summed E-state index contributed by atoms with van der Waals surface area (Å²) in [4.78, 5) is 14.3. The topological polar surface area (TPSA) is 32.3 Å². The van der Waals surface area contributed by atoms with Crippen LogP contribution >= 0.6 is 28.3 Å². The van der Waals surface area contributed by atoms with E-state index in [-0.39, 0.29) is 18.3 Å². The number of halogens is 2. The highest BCUT2D eigenvalue weighted by molar-refractivity contribution is 9.10. The molecule has 0 bridgehead atoms. The number of hydrogen-bond acceptors (Lipinski definition) is 2. The molecule has 1 aromatic carbocycles. The molecule has 0 unspecified atom stereocenters. The number of benzene rings is 1. The lowest BCUT2D eigenvalue weighted by molar-refractivity contribution is -0.129. The number of amides is 1. The Morgan fingerprint density at radius 1 is 1.26 bits per heavy atom. The van der Waals surface area contributed by atoms with Gasteiger partial charge in [-0.2, -0.15) is 0 Å².